The van der Waals surface area contributed by atoms with Gasteiger partial charge in [-0.2, -0.15) is 0 Å². The average molecular weight is 338 g/mol. The van der Waals surface area contributed by atoms with Crippen molar-refractivity contribution in [2.24, 2.45) is 0 Å². The van der Waals surface area contributed by atoms with E-state index in [1.54, 1.807) is 0 Å². The van der Waals surface area contributed by atoms with Crippen LogP contribution < -0.4 is 10.2 Å². The highest BCUT2D eigenvalue weighted by molar-refractivity contribution is 5.96. The molecular weight excluding hydrogens is 310 g/mol. The van der Waals surface area contributed by atoms with Gasteiger partial charge in [-0.1, -0.05) is 25.1 Å². The fourth-order valence-electron chi connectivity index (χ4n) is 3.68. The second kappa shape index (κ2) is 8.67. The predicted molar refractivity (Wildman–Crippen MR) is 97.5 cm³/mol. The van der Waals surface area contributed by atoms with Crippen molar-refractivity contribution < 1.29 is 4.79 Å². The summed E-state index contributed by atoms with van der Waals surface area (Å²) < 4.78 is 0. The Morgan fingerprint density at radius 3 is 2.96 bits per heavy atom. The highest BCUT2D eigenvalue weighted by Gasteiger charge is 2.27. The molecule has 0 bridgehead atoms. The Labute approximate surface area is 145 Å². The molecule has 4 nitrogen and oxygen atoms in total. The topological polar surface area (TPSA) is 35.6 Å². The first-order valence-corrected chi connectivity index (χ1v) is 8.62. The molecule has 2 aliphatic rings. The first kappa shape index (κ1) is 18.2. The van der Waals surface area contributed by atoms with Crippen molar-refractivity contribution in [2.75, 3.05) is 37.6 Å². The Bertz CT molecular complexity index is 517. The lowest BCUT2D eigenvalue weighted by atomic mass is 10.0. The van der Waals surface area contributed by atoms with E-state index < -0.39 is 0 Å². The van der Waals surface area contributed by atoms with E-state index in [0.29, 0.717) is 12.6 Å². The van der Waals surface area contributed by atoms with Crippen LogP contribution in [0.15, 0.2) is 24.3 Å². The van der Waals surface area contributed by atoms with Crippen molar-refractivity contribution in [1.29, 1.82) is 0 Å². The van der Waals surface area contributed by atoms with E-state index in [1.807, 2.05) is 11.0 Å². The van der Waals surface area contributed by atoms with Gasteiger partial charge in [-0.3, -0.25) is 9.69 Å². The first-order chi connectivity index (χ1) is 10.8. The molecule has 1 amide bonds. The van der Waals surface area contributed by atoms with E-state index in [9.17, 15) is 4.79 Å². The van der Waals surface area contributed by atoms with Crippen molar-refractivity contribution in [2.45, 2.75) is 38.6 Å². The van der Waals surface area contributed by atoms with Gasteiger partial charge in [0.05, 0.1) is 6.54 Å². The van der Waals surface area contributed by atoms with Crippen molar-refractivity contribution >= 4 is 24.0 Å². The van der Waals surface area contributed by atoms with Crippen LogP contribution >= 0.6 is 12.4 Å². The zero-order chi connectivity index (χ0) is 15.4. The largest absolute Gasteiger partial charge is 0.315 e. The van der Waals surface area contributed by atoms with Crippen LogP contribution in [0.2, 0.25) is 0 Å². The lowest BCUT2D eigenvalue weighted by Crippen LogP contribution is -2.47. The zero-order valence-corrected chi connectivity index (χ0v) is 14.8. The summed E-state index contributed by atoms with van der Waals surface area (Å²) in [5, 5.41) is 3.41. The second-order valence-electron chi connectivity index (χ2n) is 6.39. The summed E-state index contributed by atoms with van der Waals surface area (Å²) in [6, 6.07) is 8.87. The zero-order valence-electron chi connectivity index (χ0n) is 14.0. The Hall–Kier alpha value is -1.10. The molecule has 23 heavy (non-hydrogen) atoms. The number of para-hydroxylation sites is 1. The van der Waals surface area contributed by atoms with Crippen LogP contribution in [0.3, 0.4) is 0 Å². The molecule has 1 fully saturated rings. The number of amides is 1. The lowest BCUT2D eigenvalue weighted by Gasteiger charge is -2.33. The number of nitrogens with zero attached hydrogens (tertiary/aromatic N) is 2. The number of hydrogen-bond acceptors (Lipinski definition) is 3. The van der Waals surface area contributed by atoms with Crippen molar-refractivity contribution in [1.82, 2.24) is 10.2 Å². The number of rotatable bonds is 5. The van der Waals surface area contributed by atoms with Gasteiger partial charge in [-0.15, -0.1) is 12.4 Å². The van der Waals surface area contributed by atoms with Gasteiger partial charge in [0.15, 0.2) is 0 Å². The normalized spacial score (nSPS) is 20.3. The summed E-state index contributed by atoms with van der Waals surface area (Å²) in [6.07, 6.45) is 4.41. The standard InChI is InChI=1S/C18H27N3O.ClH/c1-2-11-20(16-9-10-19-13-16)14-18(22)21-12-5-7-15-6-3-4-8-17(15)21;/h3-4,6,8,16,19H,2,5,7,9-14H2,1H3;1H. The number of anilines is 1. The Morgan fingerprint density at radius 1 is 1.39 bits per heavy atom. The van der Waals surface area contributed by atoms with Crippen LogP contribution in [-0.2, 0) is 11.2 Å². The van der Waals surface area contributed by atoms with Crippen LogP contribution in [0.5, 0.6) is 0 Å². The van der Waals surface area contributed by atoms with Gasteiger partial charge in [0.25, 0.3) is 0 Å². The maximum absolute atomic E-state index is 12.9. The molecule has 1 aromatic carbocycles. The molecule has 2 heterocycles. The van der Waals surface area contributed by atoms with Gasteiger partial charge in [-0.25, -0.2) is 0 Å². The summed E-state index contributed by atoms with van der Waals surface area (Å²) in [7, 11) is 0. The Kier molecular flexibility index (Phi) is 6.88. The molecule has 1 aromatic rings. The molecule has 0 radical (unpaired) electrons. The summed E-state index contributed by atoms with van der Waals surface area (Å²) in [5.41, 5.74) is 2.44. The number of aryl methyl sites for hydroxylation is 1. The molecule has 2 aliphatic heterocycles. The molecule has 5 heteroatoms. The van der Waals surface area contributed by atoms with Gasteiger partial charge < -0.3 is 10.2 Å². The van der Waals surface area contributed by atoms with E-state index in [2.05, 4.69) is 35.3 Å². The number of fused-ring (bicyclic) bond motifs is 1. The maximum atomic E-state index is 12.9. The third-order valence-electron chi connectivity index (χ3n) is 4.81. The molecule has 1 atom stereocenters. The Balaban J connectivity index is 0.00000192. The predicted octanol–water partition coefficient (Wildman–Crippen LogP) is 2.46. The summed E-state index contributed by atoms with van der Waals surface area (Å²) in [4.78, 5) is 17.2. The number of carbonyl (C=O) groups excluding carboxylic acids is 1. The quantitative estimate of drug-likeness (QED) is 0.896. The van der Waals surface area contributed by atoms with Crippen molar-refractivity contribution in [3.63, 3.8) is 0 Å². The minimum atomic E-state index is 0. The number of halogens is 1. The van der Waals surface area contributed by atoms with Gasteiger partial charge in [-0.05, 0) is 50.4 Å². The fourth-order valence-corrected chi connectivity index (χ4v) is 3.68. The van der Waals surface area contributed by atoms with Crippen LogP contribution in [0.4, 0.5) is 5.69 Å². The third kappa shape index (κ3) is 4.25. The second-order valence-corrected chi connectivity index (χ2v) is 6.39. The van der Waals surface area contributed by atoms with Crippen LogP contribution in [-0.4, -0.2) is 49.6 Å². The Morgan fingerprint density at radius 2 is 2.22 bits per heavy atom. The molecule has 1 unspecified atom stereocenters. The molecule has 1 N–H and O–H groups in total. The molecule has 128 valence electrons. The fraction of sp³-hybridized carbons (Fsp3) is 0.611. The van der Waals surface area contributed by atoms with E-state index >= 15 is 0 Å². The molecule has 0 spiro atoms. The van der Waals surface area contributed by atoms with E-state index in [-0.39, 0.29) is 18.3 Å². The number of benzene rings is 1. The molecule has 0 aliphatic carbocycles. The molecule has 3 rings (SSSR count). The molecular formula is C18H28ClN3O. The molecule has 0 saturated carbocycles. The highest BCUT2D eigenvalue weighted by atomic mass is 35.5. The third-order valence-corrected chi connectivity index (χ3v) is 4.81. The van der Waals surface area contributed by atoms with Gasteiger partial charge in [0.1, 0.15) is 0 Å². The van der Waals surface area contributed by atoms with E-state index in [0.717, 1.165) is 57.5 Å². The smallest absolute Gasteiger partial charge is 0.241 e. The number of hydrogen-bond donors (Lipinski definition) is 1. The van der Waals surface area contributed by atoms with Crippen molar-refractivity contribution in [3.05, 3.63) is 29.8 Å². The summed E-state index contributed by atoms with van der Waals surface area (Å²) in [6.45, 7) is 6.70. The van der Waals surface area contributed by atoms with Gasteiger partial charge >= 0.3 is 0 Å². The van der Waals surface area contributed by atoms with Gasteiger partial charge in [0.2, 0.25) is 5.91 Å². The summed E-state index contributed by atoms with van der Waals surface area (Å²) in [5.74, 6) is 0.257. The van der Waals surface area contributed by atoms with Crippen LogP contribution in [0.1, 0.15) is 31.7 Å². The monoisotopic (exact) mass is 337 g/mol. The summed E-state index contributed by atoms with van der Waals surface area (Å²) >= 11 is 0. The van der Waals surface area contributed by atoms with Crippen LogP contribution in [0, 0.1) is 0 Å². The highest BCUT2D eigenvalue weighted by Crippen LogP contribution is 2.27. The maximum Gasteiger partial charge on any atom is 0.241 e. The minimum absolute atomic E-state index is 0. The minimum Gasteiger partial charge on any atom is -0.315 e. The van der Waals surface area contributed by atoms with E-state index in [4.69, 9.17) is 0 Å². The van der Waals surface area contributed by atoms with Gasteiger partial charge in [0, 0.05) is 24.8 Å². The number of carbonyl (C=O) groups is 1. The first-order valence-electron chi connectivity index (χ1n) is 8.62. The van der Waals surface area contributed by atoms with Crippen LogP contribution in [0.25, 0.3) is 0 Å². The number of nitrogens with one attached hydrogen (secondary N) is 1. The SMILES string of the molecule is CCCN(CC(=O)N1CCCc2ccccc21)C1CCNC1.Cl. The average Bonchev–Trinajstić information content (AvgIpc) is 3.08. The van der Waals surface area contributed by atoms with Crippen molar-refractivity contribution in [3.8, 4) is 0 Å². The molecule has 1 saturated heterocycles. The molecule has 0 aromatic heterocycles. The van der Waals surface area contributed by atoms with E-state index in [1.165, 1.54) is 5.56 Å². The lowest BCUT2D eigenvalue weighted by molar-refractivity contribution is -0.120.